The van der Waals surface area contributed by atoms with Crippen LogP contribution in [0.5, 0.6) is 0 Å². The number of thiophene rings is 1. The minimum absolute atomic E-state index is 0.186. The van der Waals surface area contributed by atoms with E-state index in [9.17, 15) is 4.79 Å². The Hall–Kier alpha value is -2.25. The number of nitrogens with zero attached hydrogens (tertiary/aromatic N) is 5. The van der Waals surface area contributed by atoms with Crippen LogP contribution in [-0.4, -0.2) is 57.5 Å². The molecule has 0 unspecified atom stereocenters. The van der Waals surface area contributed by atoms with E-state index >= 15 is 0 Å². The highest BCUT2D eigenvalue weighted by atomic mass is 32.1. The normalized spacial score (nSPS) is 11.5. The molecule has 3 rings (SSSR count). The van der Waals surface area contributed by atoms with Crippen molar-refractivity contribution in [1.82, 2.24) is 24.4 Å². The zero-order valence-electron chi connectivity index (χ0n) is 17.4. The van der Waals surface area contributed by atoms with Crippen molar-refractivity contribution in [3.63, 3.8) is 0 Å². The van der Waals surface area contributed by atoms with E-state index in [1.807, 2.05) is 49.5 Å². The van der Waals surface area contributed by atoms with Gasteiger partial charge in [-0.2, -0.15) is 5.10 Å². The third-order valence-corrected chi connectivity index (χ3v) is 5.83. The van der Waals surface area contributed by atoms with Gasteiger partial charge in [-0.1, -0.05) is 6.07 Å². The second kappa shape index (κ2) is 8.84. The number of aryl methyl sites for hydroxylation is 3. The van der Waals surface area contributed by atoms with Crippen molar-refractivity contribution in [3.05, 3.63) is 51.1 Å². The van der Waals surface area contributed by atoms with Crippen molar-refractivity contribution in [2.75, 3.05) is 27.2 Å². The molecule has 3 heterocycles. The summed E-state index contributed by atoms with van der Waals surface area (Å²) < 4.78 is 1.89. The van der Waals surface area contributed by atoms with Crippen LogP contribution in [0.3, 0.4) is 0 Å². The zero-order valence-corrected chi connectivity index (χ0v) is 18.2. The second-order valence-electron chi connectivity index (χ2n) is 7.51. The first kappa shape index (κ1) is 20.5. The van der Waals surface area contributed by atoms with Gasteiger partial charge in [0.15, 0.2) is 5.65 Å². The number of amides is 1. The first-order valence-corrected chi connectivity index (χ1v) is 10.5. The fourth-order valence-electron chi connectivity index (χ4n) is 3.40. The van der Waals surface area contributed by atoms with E-state index in [2.05, 4.69) is 33.4 Å². The highest BCUT2D eigenvalue weighted by Gasteiger charge is 2.17. The number of carbonyl (C=O) groups excluding carboxylic acids is 1. The number of aromatic nitrogens is 3. The van der Waals surface area contributed by atoms with Crippen molar-refractivity contribution >= 4 is 22.9 Å². The van der Waals surface area contributed by atoms with Gasteiger partial charge in [0.05, 0.1) is 12.2 Å². The van der Waals surface area contributed by atoms with Gasteiger partial charge in [0, 0.05) is 41.8 Å². The molecule has 28 heavy (non-hydrogen) atoms. The van der Waals surface area contributed by atoms with Gasteiger partial charge in [-0.3, -0.25) is 4.79 Å². The minimum Gasteiger partial charge on any atom is -0.336 e. The summed E-state index contributed by atoms with van der Waals surface area (Å²) >= 11 is 1.70. The number of carbonyl (C=O) groups is 1. The molecule has 3 aromatic heterocycles. The van der Waals surface area contributed by atoms with Gasteiger partial charge in [-0.05, 0) is 58.3 Å². The summed E-state index contributed by atoms with van der Waals surface area (Å²) in [5.74, 6) is 0.186. The highest BCUT2D eigenvalue weighted by Crippen LogP contribution is 2.18. The summed E-state index contributed by atoms with van der Waals surface area (Å²) in [6.07, 6.45) is 1.16. The van der Waals surface area contributed by atoms with Crippen LogP contribution in [0.25, 0.3) is 5.65 Å². The summed E-state index contributed by atoms with van der Waals surface area (Å²) in [5.41, 5.74) is 4.99. The van der Waals surface area contributed by atoms with Gasteiger partial charge in [0.1, 0.15) is 0 Å². The lowest BCUT2D eigenvalue weighted by Crippen LogP contribution is -2.36. The summed E-state index contributed by atoms with van der Waals surface area (Å²) in [7, 11) is 4.07. The van der Waals surface area contributed by atoms with Gasteiger partial charge in [-0.25, -0.2) is 9.50 Å². The fourth-order valence-corrected chi connectivity index (χ4v) is 4.12. The van der Waals surface area contributed by atoms with Gasteiger partial charge in [-0.15, -0.1) is 11.3 Å². The maximum absolute atomic E-state index is 13.0. The quantitative estimate of drug-likeness (QED) is 0.584. The van der Waals surface area contributed by atoms with E-state index in [0.29, 0.717) is 19.4 Å². The number of rotatable bonds is 8. The van der Waals surface area contributed by atoms with E-state index < -0.39 is 0 Å². The molecule has 0 saturated carbocycles. The standard InChI is InChI=1S/C21H29N5OS/c1-15-13-20-22-16(2)19(17(3)26(20)23-15)8-9-21(27)25(11-10-24(4)5)14-18-7-6-12-28-18/h6-7,12-13H,8-11,14H2,1-5H3. The van der Waals surface area contributed by atoms with Crippen molar-refractivity contribution in [3.8, 4) is 0 Å². The van der Waals surface area contributed by atoms with Gasteiger partial charge in [0.2, 0.25) is 5.91 Å². The van der Waals surface area contributed by atoms with Crippen molar-refractivity contribution < 1.29 is 4.79 Å². The Balaban J connectivity index is 1.73. The summed E-state index contributed by atoms with van der Waals surface area (Å²) in [6.45, 7) is 8.32. The van der Waals surface area contributed by atoms with E-state index in [4.69, 9.17) is 0 Å². The van der Waals surface area contributed by atoms with Crippen LogP contribution in [0.1, 0.15) is 33.9 Å². The van der Waals surface area contributed by atoms with Crippen LogP contribution in [0, 0.1) is 20.8 Å². The topological polar surface area (TPSA) is 53.7 Å². The lowest BCUT2D eigenvalue weighted by Gasteiger charge is -2.24. The number of fused-ring (bicyclic) bond motifs is 1. The van der Waals surface area contributed by atoms with Crippen LogP contribution >= 0.6 is 11.3 Å². The van der Waals surface area contributed by atoms with E-state index in [1.54, 1.807) is 11.3 Å². The molecule has 0 N–H and O–H groups in total. The monoisotopic (exact) mass is 399 g/mol. The molecule has 6 nitrogen and oxygen atoms in total. The second-order valence-corrected chi connectivity index (χ2v) is 8.55. The molecule has 150 valence electrons. The van der Waals surface area contributed by atoms with Crippen molar-refractivity contribution in [1.29, 1.82) is 0 Å². The molecule has 1 amide bonds. The Bertz CT molecular complexity index is 946. The molecule has 0 atom stereocenters. The Kier molecular flexibility index (Phi) is 6.46. The maximum Gasteiger partial charge on any atom is 0.223 e. The largest absolute Gasteiger partial charge is 0.336 e. The maximum atomic E-state index is 13.0. The molecule has 0 aromatic carbocycles. The Labute approximate surface area is 170 Å². The molecule has 0 fully saturated rings. The van der Waals surface area contributed by atoms with Crippen LogP contribution in [0.4, 0.5) is 0 Å². The predicted octanol–water partition coefficient (Wildman–Crippen LogP) is 3.24. The Morgan fingerprint density at radius 2 is 2.00 bits per heavy atom. The molecule has 3 aromatic rings. The van der Waals surface area contributed by atoms with E-state index in [0.717, 1.165) is 41.4 Å². The van der Waals surface area contributed by atoms with Gasteiger partial charge >= 0.3 is 0 Å². The molecule has 0 saturated heterocycles. The molecule has 0 spiro atoms. The van der Waals surface area contributed by atoms with Gasteiger partial charge < -0.3 is 9.80 Å². The van der Waals surface area contributed by atoms with E-state index in [1.165, 1.54) is 4.88 Å². The Morgan fingerprint density at radius 1 is 1.21 bits per heavy atom. The Morgan fingerprint density at radius 3 is 2.68 bits per heavy atom. The van der Waals surface area contributed by atoms with E-state index in [-0.39, 0.29) is 5.91 Å². The van der Waals surface area contributed by atoms with Crippen molar-refractivity contribution in [2.24, 2.45) is 0 Å². The molecule has 0 bridgehead atoms. The average Bonchev–Trinajstić information content (AvgIpc) is 3.27. The molecule has 0 aliphatic carbocycles. The third-order valence-electron chi connectivity index (χ3n) is 4.97. The SMILES string of the molecule is Cc1cc2nc(C)c(CCC(=O)N(CCN(C)C)Cc3cccs3)c(C)n2n1. The lowest BCUT2D eigenvalue weighted by atomic mass is 10.1. The van der Waals surface area contributed by atoms with Crippen LogP contribution < -0.4 is 0 Å². The predicted molar refractivity (Wildman–Crippen MR) is 114 cm³/mol. The smallest absolute Gasteiger partial charge is 0.223 e. The highest BCUT2D eigenvalue weighted by molar-refractivity contribution is 7.09. The molecular weight excluding hydrogens is 370 g/mol. The van der Waals surface area contributed by atoms with Gasteiger partial charge in [0.25, 0.3) is 0 Å². The van der Waals surface area contributed by atoms with Crippen molar-refractivity contribution in [2.45, 2.75) is 40.2 Å². The molecule has 0 aliphatic rings. The number of hydrogen-bond acceptors (Lipinski definition) is 5. The summed E-state index contributed by atoms with van der Waals surface area (Å²) in [4.78, 5) is 23.0. The average molecular weight is 400 g/mol. The zero-order chi connectivity index (χ0) is 20.3. The molecule has 0 aliphatic heterocycles. The summed E-state index contributed by atoms with van der Waals surface area (Å²) in [6, 6.07) is 6.11. The van der Waals surface area contributed by atoms with Crippen LogP contribution in [0.2, 0.25) is 0 Å². The minimum atomic E-state index is 0.186. The third kappa shape index (κ3) is 4.77. The lowest BCUT2D eigenvalue weighted by molar-refractivity contribution is -0.131. The molecule has 0 radical (unpaired) electrons. The summed E-state index contributed by atoms with van der Waals surface area (Å²) in [5, 5.41) is 6.59. The molecular formula is C21H29N5OS. The first-order chi connectivity index (χ1) is 13.3. The number of hydrogen-bond donors (Lipinski definition) is 0. The van der Waals surface area contributed by atoms with Crippen LogP contribution in [0.15, 0.2) is 23.6 Å². The first-order valence-electron chi connectivity index (χ1n) is 9.62. The number of likely N-dealkylation sites (N-methyl/N-ethyl adjacent to an activating group) is 1. The molecule has 7 heteroatoms. The van der Waals surface area contributed by atoms with Crippen LogP contribution in [-0.2, 0) is 17.8 Å². The fraction of sp³-hybridized carbons (Fsp3) is 0.476.